The zero-order chi connectivity index (χ0) is 19.6. The number of hydrazone groups is 1. The van der Waals surface area contributed by atoms with E-state index in [0.717, 1.165) is 18.8 Å². The molecule has 3 nitrogen and oxygen atoms in total. The summed E-state index contributed by atoms with van der Waals surface area (Å²) >= 11 is 0. The van der Waals surface area contributed by atoms with Gasteiger partial charge in [0.2, 0.25) is 0 Å². The maximum absolute atomic E-state index is 5.21. The van der Waals surface area contributed by atoms with E-state index in [2.05, 4.69) is 114 Å². The van der Waals surface area contributed by atoms with Crippen molar-refractivity contribution >= 4 is 17.5 Å². The van der Waals surface area contributed by atoms with Gasteiger partial charge in [0.25, 0.3) is 0 Å². The summed E-state index contributed by atoms with van der Waals surface area (Å²) in [6.07, 6.45) is 2.30. The smallest absolute Gasteiger partial charge is 0.0872 e. The van der Waals surface area contributed by atoms with Crippen molar-refractivity contribution < 1.29 is 0 Å². The second kappa shape index (κ2) is 7.69. The minimum atomic E-state index is 0.204. The van der Waals surface area contributed by atoms with Crippen LogP contribution in [0.25, 0.3) is 6.08 Å². The van der Waals surface area contributed by atoms with E-state index in [4.69, 9.17) is 5.10 Å². The number of benzene rings is 3. The summed E-state index contributed by atoms with van der Waals surface area (Å²) in [5.74, 6) is 0.339. The van der Waals surface area contributed by atoms with E-state index >= 15 is 0 Å². The Morgan fingerprint density at radius 2 is 1.45 bits per heavy atom. The molecule has 1 saturated heterocycles. The van der Waals surface area contributed by atoms with Crippen LogP contribution in [-0.2, 0) is 0 Å². The van der Waals surface area contributed by atoms with Crippen molar-refractivity contribution in [1.82, 2.24) is 4.90 Å². The van der Waals surface area contributed by atoms with Gasteiger partial charge in [0.1, 0.15) is 0 Å². The van der Waals surface area contributed by atoms with Gasteiger partial charge in [-0.05, 0) is 42.0 Å². The minimum Gasteiger partial charge on any atom is -0.301 e. The minimum absolute atomic E-state index is 0.204. The zero-order valence-corrected chi connectivity index (χ0v) is 16.6. The molecule has 0 aromatic heterocycles. The van der Waals surface area contributed by atoms with Gasteiger partial charge >= 0.3 is 0 Å². The van der Waals surface area contributed by atoms with Crippen LogP contribution in [0.3, 0.4) is 0 Å². The lowest BCUT2D eigenvalue weighted by atomic mass is 9.83. The Labute approximate surface area is 172 Å². The molecule has 5 rings (SSSR count). The Kier molecular flexibility index (Phi) is 4.74. The highest BCUT2D eigenvalue weighted by atomic mass is 15.5. The molecular weight excluding hydrogens is 354 g/mol. The third-order valence-electron chi connectivity index (χ3n) is 5.79. The highest BCUT2D eigenvalue weighted by molar-refractivity contribution is 6.08. The van der Waals surface area contributed by atoms with Crippen LogP contribution in [0.5, 0.6) is 0 Å². The fourth-order valence-electron chi connectivity index (χ4n) is 4.53. The lowest BCUT2D eigenvalue weighted by Gasteiger charge is -2.34. The summed E-state index contributed by atoms with van der Waals surface area (Å²) in [4.78, 5) is 2.42. The topological polar surface area (TPSA) is 18.8 Å². The fourth-order valence-corrected chi connectivity index (χ4v) is 4.53. The molecule has 0 bridgehead atoms. The van der Waals surface area contributed by atoms with Crippen LogP contribution < -0.4 is 5.01 Å². The summed E-state index contributed by atoms with van der Waals surface area (Å²) in [6.45, 7) is 1.93. The molecule has 29 heavy (non-hydrogen) atoms. The van der Waals surface area contributed by atoms with Crippen molar-refractivity contribution in [3.8, 4) is 0 Å². The summed E-state index contributed by atoms with van der Waals surface area (Å²) in [5.41, 5.74) is 6.23. The number of para-hydroxylation sites is 1. The molecule has 0 radical (unpaired) electrons. The molecule has 2 heterocycles. The van der Waals surface area contributed by atoms with Gasteiger partial charge in [-0.2, -0.15) is 5.10 Å². The maximum atomic E-state index is 5.21. The average Bonchev–Trinajstić information content (AvgIpc) is 3.15. The molecule has 0 saturated carbocycles. The third kappa shape index (κ3) is 3.50. The number of piperidine rings is 1. The highest BCUT2D eigenvalue weighted by Crippen LogP contribution is 2.42. The predicted octanol–water partition coefficient (Wildman–Crippen LogP) is 5.25. The first-order valence-corrected chi connectivity index (χ1v) is 10.2. The number of fused-ring (bicyclic) bond motifs is 1. The fraction of sp³-hybridized carbons (Fsp3) is 0.192. The molecule has 2 aliphatic rings. The number of hydrogen-bond donors (Lipinski definition) is 0. The van der Waals surface area contributed by atoms with Crippen molar-refractivity contribution in [2.24, 2.45) is 11.0 Å². The van der Waals surface area contributed by atoms with Crippen LogP contribution in [0.2, 0.25) is 0 Å². The quantitative estimate of drug-likeness (QED) is 0.619. The van der Waals surface area contributed by atoms with Gasteiger partial charge in [0.05, 0.1) is 17.4 Å². The monoisotopic (exact) mass is 379 g/mol. The molecule has 2 aliphatic heterocycles. The second-order valence-corrected chi connectivity index (χ2v) is 7.90. The molecule has 0 N–H and O–H groups in total. The first-order chi connectivity index (χ1) is 14.3. The van der Waals surface area contributed by atoms with Crippen molar-refractivity contribution in [3.63, 3.8) is 0 Å². The number of rotatable bonds is 3. The Morgan fingerprint density at radius 3 is 2.14 bits per heavy atom. The van der Waals surface area contributed by atoms with Gasteiger partial charge < -0.3 is 4.90 Å². The van der Waals surface area contributed by atoms with Gasteiger partial charge in [-0.1, -0.05) is 78.9 Å². The van der Waals surface area contributed by atoms with E-state index in [9.17, 15) is 0 Å². The normalized spacial score (nSPS) is 23.1. The number of likely N-dealkylation sites (N-methyl/N-ethyl adjacent to an activating group) is 1. The summed E-state index contributed by atoms with van der Waals surface area (Å²) in [6, 6.07) is 32.1. The van der Waals surface area contributed by atoms with Gasteiger partial charge in [0.15, 0.2) is 0 Å². The number of nitrogens with zero attached hydrogens (tertiary/aromatic N) is 3. The van der Waals surface area contributed by atoms with Crippen LogP contribution in [0, 0.1) is 5.92 Å². The SMILES string of the molecule is CN1C/C(=C/c2ccccc2)C2=NN(c3ccccc3)C(c3ccccc3)C2C1. The van der Waals surface area contributed by atoms with Crippen molar-refractivity contribution in [3.05, 3.63) is 108 Å². The Bertz CT molecular complexity index is 1030. The maximum Gasteiger partial charge on any atom is 0.0872 e. The molecule has 0 spiro atoms. The van der Waals surface area contributed by atoms with Gasteiger partial charge in [-0.15, -0.1) is 0 Å². The molecular formula is C26H25N3. The van der Waals surface area contributed by atoms with Gasteiger partial charge in [-0.25, -0.2) is 0 Å². The molecule has 1 fully saturated rings. The van der Waals surface area contributed by atoms with E-state index < -0.39 is 0 Å². The van der Waals surface area contributed by atoms with Crippen LogP contribution in [0.1, 0.15) is 17.2 Å². The van der Waals surface area contributed by atoms with Crippen molar-refractivity contribution in [2.75, 3.05) is 25.1 Å². The van der Waals surface area contributed by atoms with E-state index in [0.29, 0.717) is 5.92 Å². The number of anilines is 1. The second-order valence-electron chi connectivity index (χ2n) is 7.90. The van der Waals surface area contributed by atoms with Crippen LogP contribution in [0.4, 0.5) is 5.69 Å². The van der Waals surface area contributed by atoms with Crippen LogP contribution >= 0.6 is 0 Å². The Balaban J connectivity index is 1.62. The van der Waals surface area contributed by atoms with Gasteiger partial charge in [-0.3, -0.25) is 5.01 Å². The third-order valence-corrected chi connectivity index (χ3v) is 5.79. The van der Waals surface area contributed by atoms with Crippen LogP contribution in [-0.4, -0.2) is 30.7 Å². The van der Waals surface area contributed by atoms with E-state index in [1.165, 1.54) is 22.4 Å². The molecule has 0 amide bonds. The van der Waals surface area contributed by atoms with Crippen molar-refractivity contribution in [2.45, 2.75) is 6.04 Å². The Hall–Kier alpha value is -3.17. The average molecular weight is 380 g/mol. The van der Waals surface area contributed by atoms with E-state index in [-0.39, 0.29) is 6.04 Å². The molecule has 0 aliphatic carbocycles. The standard InChI is InChI=1S/C26H25N3/c1-28-18-22(17-20-11-5-2-6-12-20)25-24(19-28)26(21-13-7-3-8-14-21)29(27-25)23-15-9-4-10-16-23/h2-17,24,26H,18-19H2,1H3/b22-17-. The van der Waals surface area contributed by atoms with E-state index in [1.807, 2.05) is 0 Å². The lowest BCUT2D eigenvalue weighted by molar-refractivity contribution is 0.303. The Morgan fingerprint density at radius 1 is 0.828 bits per heavy atom. The number of hydrogen-bond acceptors (Lipinski definition) is 3. The molecule has 2 unspecified atom stereocenters. The summed E-state index contributed by atoms with van der Waals surface area (Å²) in [7, 11) is 2.21. The predicted molar refractivity (Wildman–Crippen MR) is 121 cm³/mol. The van der Waals surface area contributed by atoms with Crippen LogP contribution in [0.15, 0.2) is 102 Å². The van der Waals surface area contributed by atoms with E-state index in [1.54, 1.807) is 0 Å². The van der Waals surface area contributed by atoms with Gasteiger partial charge in [0, 0.05) is 19.0 Å². The molecule has 2 atom stereocenters. The molecule has 3 heteroatoms. The zero-order valence-electron chi connectivity index (χ0n) is 16.6. The largest absolute Gasteiger partial charge is 0.301 e. The first kappa shape index (κ1) is 17.9. The molecule has 3 aromatic rings. The summed E-state index contributed by atoms with van der Waals surface area (Å²) < 4.78 is 0. The number of likely N-dealkylation sites (tertiary alicyclic amines) is 1. The summed E-state index contributed by atoms with van der Waals surface area (Å²) in [5, 5.41) is 7.43. The molecule has 144 valence electrons. The first-order valence-electron chi connectivity index (χ1n) is 10.2. The molecule has 3 aromatic carbocycles. The highest BCUT2D eigenvalue weighted by Gasteiger charge is 2.43. The lowest BCUT2D eigenvalue weighted by Crippen LogP contribution is -2.41. The van der Waals surface area contributed by atoms with Crippen molar-refractivity contribution in [1.29, 1.82) is 0 Å².